The maximum atomic E-state index is 10.3. The van der Waals surface area contributed by atoms with E-state index >= 15 is 0 Å². The van der Waals surface area contributed by atoms with Crippen LogP contribution in [0.1, 0.15) is 49.3 Å². The first-order valence-corrected chi connectivity index (χ1v) is 8.71. The van der Waals surface area contributed by atoms with Crippen LogP contribution in [0.15, 0.2) is 24.8 Å². The normalized spacial score (nSPS) is 25.0. The zero-order valence-electron chi connectivity index (χ0n) is 13.6. The highest BCUT2D eigenvalue weighted by atomic mass is 16.5. The van der Waals surface area contributed by atoms with E-state index in [0.29, 0.717) is 18.9 Å². The monoisotopic (exact) mass is 317 g/mol. The SMILES string of the molecule is C=CCNC[C@@H]1O[C@H](C2CCCCC2)Cc2c1ccc(O)c2O. The van der Waals surface area contributed by atoms with Gasteiger partial charge >= 0.3 is 0 Å². The van der Waals surface area contributed by atoms with Gasteiger partial charge in [0.2, 0.25) is 0 Å². The van der Waals surface area contributed by atoms with Crippen LogP contribution in [0.5, 0.6) is 11.5 Å². The van der Waals surface area contributed by atoms with Crippen molar-refractivity contribution in [1.29, 1.82) is 0 Å². The van der Waals surface area contributed by atoms with E-state index in [4.69, 9.17) is 4.74 Å². The second-order valence-electron chi connectivity index (χ2n) is 6.71. The molecule has 126 valence electrons. The summed E-state index contributed by atoms with van der Waals surface area (Å²) in [7, 11) is 0. The molecule has 3 rings (SSSR count). The van der Waals surface area contributed by atoms with E-state index in [0.717, 1.165) is 17.7 Å². The molecule has 2 aliphatic rings. The fraction of sp³-hybridized carbons (Fsp3) is 0.579. The minimum absolute atomic E-state index is 0.0281. The quantitative estimate of drug-likeness (QED) is 0.442. The highest BCUT2D eigenvalue weighted by molar-refractivity contribution is 5.51. The van der Waals surface area contributed by atoms with Crippen LogP contribution in [0.3, 0.4) is 0 Å². The standard InChI is InChI=1S/C19H27NO3/c1-2-10-20-12-18-14-8-9-16(21)19(22)15(14)11-17(23-18)13-6-4-3-5-7-13/h2,8-9,13,17-18,20-22H,1,3-7,10-12H2/t17-,18-/m0/s1. The molecule has 0 bridgehead atoms. The summed E-state index contributed by atoms with van der Waals surface area (Å²) < 4.78 is 6.40. The van der Waals surface area contributed by atoms with Gasteiger partial charge in [0, 0.05) is 25.1 Å². The number of rotatable bonds is 5. The van der Waals surface area contributed by atoms with Gasteiger partial charge in [0.25, 0.3) is 0 Å². The van der Waals surface area contributed by atoms with Gasteiger partial charge in [0.1, 0.15) is 0 Å². The van der Waals surface area contributed by atoms with Crippen molar-refractivity contribution in [3.63, 3.8) is 0 Å². The van der Waals surface area contributed by atoms with Gasteiger partial charge in [-0.25, -0.2) is 0 Å². The minimum atomic E-state index is -0.0860. The molecule has 1 aromatic carbocycles. The van der Waals surface area contributed by atoms with Gasteiger partial charge in [-0.05, 0) is 30.4 Å². The van der Waals surface area contributed by atoms with Gasteiger partial charge in [-0.15, -0.1) is 6.58 Å². The molecule has 0 radical (unpaired) electrons. The molecule has 1 heterocycles. The van der Waals surface area contributed by atoms with Gasteiger partial charge in [-0.3, -0.25) is 0 Å². The Morgan fingerprint density at radius 3 is 2.74 bits per heavy atom. The molecule has 0 amide bonds. The fourth-order valence-corrected chi connectivity index (χ4v) is 3.95. The molecule has 1 aliphatic carbocycles. The van der Waals surface area contributed by atoms with Crippen LogP contribution in [0, 0.1) is 5.92 Å². The van der Waals surface area contributed by atoms with Crippen molar-refractivity contribution in [3.05, 3.63) is 35.9 Å². The third-order valence-electron chi connectivity index (χ3n) is 5.18. The molecule has 0 spiro atoms. The van der Waals surface area contributed by atoms with Crippen LogP contribution in [0.2, 0.25) is 0 Å². The molecule has 1 aliphatic heterocycles. The largest absolute Gasteiger partial charge is 0.504 e. The maximum absolute atomic E-state index is 10.3. The van der Waals surface area contributed by atoms with Crippen molar-refractivity contribution < 1.29 is 14.9 Å². The van der Waals surface area contributed by atoms with E-state index in [1.807, 2.05) is 12.1 Å². The predicted molar refractivity (Wildman–Crippen MR) is 90.7 cm³/mol. The molecular formula is C19H27NO3. The number of fused-ring (bicyclic) bond motifs is 1. The van der Waals surface area contributed by atoms with Crippen molar-refractivity contribution in [2.45, 2.75) is 50.7 Å². The lowest BCUT2D eigenvalue weighted by molar-refractivity contribution is -0.0623. The summed E-state index contributed by atoms with van der Waals surface area (Å²) in [5, 5.41) is 23.5. The predicted octanol–water partition coefficient (Wildman–Crippen LogP) is 3.44. The van der Waals surface area contributed by atoms with Crippen molar-refractivity contribution in [2.75, 3.05) is 13.1 Å². The molecule has 23 heavy (non-hydrogen) atoms. The molecule has 0 unspecified atom stereocenters. The summed E-state index contributed by atoms with van der Waals surface area (Å²) in [6.45, 7) is 5.14. The van der Waals surface area contributed by atoms with Crippen molar-refractivity contribution >= 4 is 0 Å². The smallest absolute Gasteiger partial charge is 0.161 e. The molecule has 1 saturated carbocycles. The first kappa shape index (κ1) is 16.3. The zero-order chi connectivity index (χ0) is 16.2. The van der Waals surface area contributed by atoms with E-state index < -0.39 is 0 Å². The van der Waals surface area contributed by atoms with E-state index in [2.05, 4.69) is 11.9 Å². The Bertz CT molecular complexity index is 552. The fourth-order valence-electron chi connectivity index (χ4n) is 3.95. The number of nitrogens with one attached hydrogen (secondary N) is 1. The number of aromatic hydroxyl groups is 2. The highest BCUT2D eigenvalue weighted by Gasteiger charge is 2.34. The van der Waals surface area contributed by atoms with Gasteiger partial charge in [0.15, 0.2) is 11.5 Å². The molecule has 4 nitrogen and oxygen atoms in total. The van der Waals surface area contributed by atoms with E-state index in [1.165, 1.54) is 32.1 Å². The molecule has 3 N–H and O–H groups in total. The number of benzene rings is 1. The lowest BCUT2D eigenvalue weighted by Crippen LogP contribution is -2.37. The number of phenols is 2. The average molecular weight is 317 g/mol. The number of hydrogen-bond donors (Lipinski definition) is 3. The summed E-state index contributed by atoms with van der Waals surface area (Å²) in [6.07, 6.45) is 8.82. The van der Waals surface area contributed by atoms with E-state index in [9.17, 15) is 10.2 Å². The van der Waals surface area contributed by atoms with Crippen LogP contribution >= 0.6 is 0 Å². The molecule has 1 aromatic rings. The Hall–Kier alpha value is -1.52. The maximum Gasteiger partial charge on any atom is 0.161 e. The van der Waals surface area contributed by atoms with Crippen LogP contribution in [-0.4, -0.2) is 29.4 Å². The van der Waals surface area contributed by atoms with Crippen LogP contribution in [-0.2, 0) is 11.2 Å². The summed E-state index contributed by atoms with van der Waals surface area (Å²) in [4.78, 5) is 0. The first-order chi connectivity index (χ1) is 11.2. The molecule has 4 heteroatoms. The second-order valence-corrected chi connectivity index (χ2v) is 6.71. The molecular weight excluding hydrogens is 290 g/mol. The second kappa shape index (κ2) is 7.37. The van der Waals surface area contributed by atoms with E-state index in [-0.39, 0.29) is 23.7 Å². The Balaban J connectivity index is 1.84. The molecule has 2 atom stereocenters. The van der Waals surface area contributed by atoms with Crippen molar-refractivity contribution in [3.8, 4) is 11.5 Å². The molecule has 0 aromatic heterocycles. The zero-order valence-corrected chi connectivity index (χ0v) is 13.6. The van der Waals surface area contributed by atoms with Crippen LogP contribution in [0.4, 0.5) is 0 Å². The summed E-state index contributed by atoms with van der Waals surface area (Å²) in [5.74, 6) is 0.548. The third-order valence-corrected chi connectivity index (χ3v) is 5.18. The average Bonchev–Trinajstić information content (AvgIpc) is 2.59. The topological polar surface area (TPSA) is 61.7 Å². The lowest BCUT2D eigenvalue weighted by atomic mass is 9.80. The Morgan fingerprint density at radius 1 is 1.22 bits per heavy atom. The molecule has 0 saturated heterocycles. The summed E-state index contributed by atoms with van der Waals surface area (Å²) in [5.41, 5.74) is 1.85. The van der Waals surface area contributed by atoms with Gasteiger partial charge in [-0.1, -0.05) is 31.4 Å². The van der Waals surface area contributed by atoms with E-state index in [1.54, 1.807) is 6.07 Å². The summed E-state index contributed by atoms with van der Waals surface area (Å²) in [6, 6.07) is 3.43. The minimum Gasteiger partial charge on any atom is -0.504 e. The molecule has 1 fully saturated rings. The van der Waals surface area contributed by atoms with Crippen LogP contribution in [0.25, 0.3) is 0 Å². The third kappa shape index (κ3) is 3.54. The Kier molecular flexibility index (Phi) is 5.23. The number of ether oxygens (including phenoxy) is 1. The number of hydrogen-bond acceptors (Lipinski definition) is 4. The van der Waals surface area contributed by atoms with Gasteiger partial charge < -0.3 is 20.3 Å². The summed E-state index contributed by atoms with van der Waals surface area (Å²) >= 11 is 0. The highest BCUT2D eigenvalue weighted by Crippen LogP contribution is 2.43. The van der Waals surface area contributed by atoms with Crippen molar-refractivity contribution in [2.24, 2.45) is 5.92 Å². The van der Waals surface area contributed by atoms with Crippen LogP contribution < -0.4 is 5.32 Å². The van der Waals surface area contributed by atoms with Gasteiger partial charge in [0.05, 0.1) is 12.2 Å². The van der Waals surface area contributed by atoms with Gasteiger partial charge in [-0.2, -0.15) is 0 Å². The lowest BCUT2D eigenvalue weighted by Gasteiger charge is -2.38. The number of phenolic OH excluding ortho intramolecular Hbond substituents is 2. The Labute approximate surface area is 138 Å². The first-order valence-electron chi connectivity index (χ1n) is 8.71. The Morgan fingerprint density at radius 2 is 2.00 bits per heavy atom. The van der Waals surface area contributed by atoms with Crippen molar-refractivity contribution in [1.82, 2.24) is 5.32 Å².